The zero-order valence-electron chi connectivity index (χ0n) is 10.4. The Morgan fingerprint density at radius 3 is 3.06 bits per heavy atom. The zero-order chi connectivity index (χ0) is 12.1. The first-order valence-electron chi connectivity index (χ1n) is 6.32. The number of hydrogen-bond acceptors (Lipinski definition) is 3. The molecule has 1 N–H and O–H groups in total. The summed E-state index contributed by atoms with van der Waals surface area (Å²) in [6, 6.07) is 8.37. The van der Waals surface area contributed by atoms with E-state index in [2.05, 4.69) is 30.1 Å². The second-order valence-electron chi connectivity index (χ2n) is 4.75. The number of rotatable bonds is 5. The summed E-state index contributed by atoms with van der Waals surface area (Å²) in [4.78, 5) is 2.37. The molecule has 1 fully saturated rings. The summed E-state index contributed by atoms with van der Waals surface area (Å²) < 4.78 is 5.60. The maximum Gasteiger partial charge on any atom is 0.119 e. The van der Waals surface area contributed by atoms with Gasteiger partial charge in [0.1, 0.15) is 5.75 Å². The Balaban J connectivity index is 1.96. The zero-order valence-corrected chi connectivity index (χ0v) is 10.4. The Bertz CT molecular complexity index is 354. The predicted octanol–water partition coefficient (Wildman–Crippen LogP) is 1.87. The Kier molecular flexibility index (Phi) is 4.40. The molecule has 0 saturated carbocycles. The van der Waals surface area contributed by atoms with E-state index in [0.717, 1.165) is 12.3 Å². The fourth-order valence-electron chi connectivity index (χ4n) is 2.32. The largest absolute Gasteiger partial charge is 0.493 e. The quantitative estimate of drug-likeness (QED) is 0.791. The molecule has 2 rings (SSSR count). The Hall–Kier alpha value is -1.06. The number of nitrogens with zero attached hydrogens (tertiary/aromatic N) is 1. The molecule has 3 nitrogen and oxygen atoms in total. The molecule has 1 saturated heterocycles. The highest BCUT2D eigenvalue weighted by molar-refractivity contribution is 5.31. The molecule has 94 valence electrons. The topological polar surface area (TPSA) is 32.7 Å². The molecule has 1 unspecified atom stereocenters. The molecular formula is C14H21NO2. The molecule has 1 atom stereocenters. The molecule has 1 aliphatic rings. The summed E-state index contributed by atoms with van der Waals surface area (Å²) in [6.07, 6.45) is 1.92. The molecule has 1 heterocycles. The van der Waals surface area contributed by atoms with Gasteiger partial charge in [0, 0.05) is 19.6 Å². The Labute approximate surface area is 103 Å². The summed E-state index contributed by atoms with van der Waals surface area (Å²) in [5.74, 6) is 1.56. The fraction of sp³-hybridized carbons (Fsp3) is 0.571. The molecular weight excluding hydrogens is 214 g/mol. The standard InChI is InChI=1S/C14H21NO2/c1-15-7-6-13(11-15)12-4-2-5-14(10-12)17-9-3-8-16/h2,4-5,10,13,16H,3,6-9,11H2,1H3. The van der Waals surface area contributed by atoms with E-state index < -0.39 is 0 Å². The van der Waals surface area contributed by atoms with Gasteiger partial charge in [-0.3, -0.25) is 0 Å². The van der Waals surface area contributed by atoms with Crippen molar-refractivity contribution >= 4 is 0 Å². The van der Waals surface area contributed by atoms with Crippen LogP contribution in [0.3, 0.4) is 0 Å². The smallest absolute Gasteiger partial charge is 0.119 e. The first-order chi connectivity index (χ1) is 8.29. The van der Waals surface area contributed by atoms with E-state index >= 15 is 0 Å². The highest BCUT2D eigenvalue weighted by Crippen LogP contribution is 2.28. The molecule has 1 aromatic rings. The van der Waals surface area contributed by atoms with E-state index in [1.165, 1.54) is 18.5 Å². The number of hydrogen-bond donors (Lipinski definition) is 1. The monoisotopic (exact) mass is 235 g/mol. The highest BCUT2D eigenvalue weighted by atomic mass is 16.5. The third kappa shape index (κ3) is 3.45. The summed E-state index contributed by atoms with van der Waals surface area (Å²) in [5.41, 5.74) is 1.37. The van der Waals surface area contributed by atoms with Crippen LogP contribution in [0.4, 0.5) is 0 Å². The second-order valence-corrected chi connectivity index (χ2v) is 4.75. The van der Waals surface area contributed by atoms with Crippen molar-refractivity contribution in [3.8, 4) is 5.75 Å². The van der Waals surface area contributed by atoms with Crippen LogP contribution in [0.2, 0.25) is 0 Å². The van der Waals surface area contributed by atoms with Crippen LogP contribution >= 0.6 is 0 Å². The van der Waals surface area contributed by atoms with Crippen LogP contribution in [-0.4, -0.2) is 43.4 Å². The van der Waals surface area contributed by atoms with Crippen molar-refractivity contribution in [1.82, 2.24) is 4.90 Å². The second kappa shape index (κ2) is 6.03. The van der Waals surface area contributed by atoms with Gasteiger partial charge in [-0.1, -0.05) is 12.1 Å². The van der Waals surface area contributed by atoms with Gasteiger partial charge in [0.25, 0.3) is 0 Å². The van der Waals surface area contributed by atoms with Crippen LogP contribution in [0, 0.1) is 0 Å². The van der Waals surface area contributed by atoms with Crippen LogP contribution in [-0.2, 0) is 0 Å². The third-order valence-electron chi connectivity index (χ3n) is 3.29. The van der Waals surface area contributed by atoms with Gasteiger partial charge in [-0.05, 0) is 43.6 Å². The molecule has 0 bridgehead atoms. The van der Waals surface area contributed by atoms with E-state index in [4.69, 9.17) is 9.84 Å². The lowest BCUT2D eigenvalue weighted by molar-refractivity contribution is 0.233. The summed E-state index contributed by atoms with van der Waals surface area (Å²) >= 11 is 0. The van der Waals surface area contributed by atoms with Gasteiger partial charge in [0.2, 0.25) is 0 Å². The van der Waals surface area contributed by atoms with Gasteiger partial charge < -0.3 is 14.7 Å². The number of ether oxygens (including phenoxy) is 1. The van der Waals surface area contributed by atoms with E-state index in [1.807, 2.05) is 6.07 Å². The van der Waals surface area contributed by atoms with Gasteiger partial charge in [-0.2, -0.15) is 0 Å². The number of likely N-dealkylation sites (N-methyl/N-ethyl adjacent to an activating group) is 1. The van der Waals surface area contributed by atoms with Crippen molar-refractivity contribution in [1.29, 1.82) is 0 Å². The molecule has 0 radical (unpaired) electrons. The number of aliphatic hydroxyl groups excluding tert-OH is 1. The maximum atomic E-state index is 8.72. The maximum absolute atomic E-state index is 8.72. The van der Waals surface area contributed by atoms with Crippen molar-refractivity contribution in [3.63, 3.8) is 0 Å². The van der Waals surface area contributed by atoms with Crippen LogP contribution in [0.15, 0.2) is 24.3 Å². The predicted molar refractivity (Wildman–Crippen MR) is 68.5 cm³/mol. The Morgan fingerprint density at radius 1 is 1.47 bits per heavy atom. The van der Waals surface area contributed by atoms with Crippen molar-refractivity contribution in [2.24, 2.45) is 0 Å². The van der Waals surface area contributed by atoms with Crippen molar-refractivity contribution in [2.45, 2.75) is 18.8 Å². The lowest BCUT2D eigenvalue weighted by atomic mass is 9.98. The minimum absolute atomic E-state index is 0.188. The van der Waals surface area contributed by atoms with Gasteiger partial charge >= 0.3 is 0 Å². The first kappa shape index (κ1) is 12.4. The van der Waals surface area contributed by atoms with E-state index in [0.29, 0.717) is 18.9 Å². The molecule has 3 heteroatoms. The molecule has 0 aliphatic carbocycles. The lowest BCUT2D eigenvalue weighted by Crippen LogP contribution is -2.13. The summed E-state index contributed by atoms with van der Waals surface area (Å²) in [7, 11) is 2.17. The van der Waals surface area contributed by atoms with Crippen LogP contribution in [0.1, 0.15) is 24.3 Å². The fourth-order valence-corrected chi connectivity index (χ4v) is 2.32. The minimum Gasteiger partial charge on any atom is -0.493 e. The first-order valence-corrected chi connectivity index (χ1v) is 6.32. The molecule has 0 amide bonds. The summed E-state index contributed by atoms with van der Waals surface area (Å²) in [5, 5.41) is 8.72. The molecule has 1 aliphatic heterocycles. The van der Waals surface area contributed by atoms with Crippen LogP contribution in [0.25, 0.3) is 0 Å². The van der Waals surface area contributed by atoms with E-state index in [9.17, 15) is 0 Å². The van der Waals surface area contributed by atoms with Crippen LogP contribution < -0.4 is 4.74 Å². The third-order valence-corrected chi connectivity index (χ3v) is 3.29. The molecule has 17 heavy (non-hydrogen) atoms. The number of likely N-dealkylation sites (tertiary alicyclic amines) is 1. The average Bonchev–Trinajstić information content (AvgIpc) is 2.77. The molecule has 1 aromatic carbocycles. The van der Waals surface area contributed by atoms with Gasteiger partial charge in [-0.15, -0.1) is 0 Å². The van der Waals surface area contributed by atoms with E-state index in [1.54, 1.807) is 0 Å². The number of aliphatic hydroxyl groups is 1. The van der Waals surface area contributed by atoms with Crippen molar-refractivity contribution in [3.05, 3.63) is 29.8 Å². The van der Waals surface area contributed by atoms with Gasteiger partial charge in [0.15, 0.2) is 0 Å². The normalized spacial score (nSPS) is 20.7. The minimum atomic E-state index is 0.188. The summed E-state index contributed by atoms with van der Waals surface area (Å²) in [6.45, 7) is 3.10. The average molecular weight is 235 g/mol. The number of benzene rings is 1. The van der Waals surface area contributed by atoms with E-state index in [-0.39, 0.29) is 6.61 Å². The van der Waals surface area contributed by atoms with Crippen LogP contribution in [0.5, 0.6) is 5.75 Å². The highest BCUT2D eigenvalue weighted by Gasteiger charge is 2.21. The lowest BCUT2D eigenvalue weighted by Gasteiger charge is -2.12. The SMILES string of the molecule is CN1CCC(c2cccc(OCCCO)c2)C1. The van der Waals surface area contributed by atoms with Gasteiger partial charge in [0.05, 0.1) is 6.61 Å². The molecule has 0 aromatic heterocycles. The Morgan fingerprint density at radius 2 is 2.35 bits per heavy atom. The van der Waals surface area contributed by atoms with Crippen molar-refractivity contribution < 1.29 is 9.84 Å². The van der Waals surface area contributed by atoms with Gasteiger partial charge in [-0.25, -0.2) is 0 Å². The van der Waals surface area contributed by atoms with Crippen molar-refractivity contribution in [2.75, 3.05) is 33.4 Å². The molecule has 0 spiro atoms.